The highest BCUT2D eigenvalue weighted by Gasteiger charge is 2.43. The van der Waals surface area contributed by atoms with Gasteiger partial charge < -0.3 is 15.0 Å². The van der Waals surface area contributed by atoms with Crippen molar-refractivity contribution in [1.29, 1.82) is 0 Å². The van der Waals surface area contributed by atoms with Crippen molar-refractivity contribution in [3.8, 4) is 17.0 Å². The van der Waals surface area contributed by atoms with Gasteiger partial charge in [0.25, 0.3) is 5.91 Å². The van der Waals surface area contributed by atoms with Crippen LogP contribution in [0.2, 0.25) is 0 Å². The first-order valence-corrected chi connectivity index (χ1v) is 10.9. The number of aromatic nitrogens is 2. The van der Waals surface area contributed by atoms with E-state index in [2.05, 4.69) is 28.4 Å². The zero-order chi connectivity index (χ0) is 21.4. The van der Waals surface area contributed by atoms with E-state index in [9.17, 15) is 4.79 Å². The maximum Gasteiger partial charge on any atom is 0.255 e. The molecular formula is C25H28N4O2. The number of hydrogen-bond acceptors (Lipinski definition) is 4. The highest BCUT2D eigenvalue weighted by molar-refractivity contribution is 6.00. The molecular weight excluding hydrogens is 388 g/mol. The number of nitrogens with zero attached hydrogens (tertiary/aromatic N) is 3. The Bertz CT molecular complexity index is 1080. The summed E-state index contributed by atoms with van der Waals surface area (Å²) in [4.78, 5) is 15.8. The fraction of sp³-hybridized carbons (Fsp3) is 0.360. The minimum absolute atomic E-state index is 0.0929. The van der Waals surface area contributed by atoms with Crippen molar-refractivity contribution in [3.05, 3.63) is 71.9 Å². The molecule has 3 aromatic rings. The average molecular weight is 417 g/mol. The Morgan fingerprint density at radius 1 is 1.06 bits per heavy atom. The van der Waals surface area contributed by atoms with E-state index in [4.69, 9.17) is 4.74 Å². The molecule has 1 atom stereocenters. The van der Waals surface area contributed by atoms with Crippen LogP contribution < -0.4 is 10.1 Å². The Labute approximate surface area is 182 Å². The molecule has 0 saturated carbocycles. The molecule has 6 nitrogen and oxygen atoms in total. The smallest absolute Gasteiger partial charge is 0.255 e. The van der Waals surface area contributed by atoms with Gasteiger partial charge in [-0.15, -0.1) is 0 Å². The van der Waals surface area contributed by atoms with Crippen molar-refractivity contribution in [1.82, 2.24) is 20.0 Å². The number of amides is 1. The van der Waals surface area contributed by atoms with Gasteiger partial charge in [-0.3, -0.25) is 9.48 Å². The van der Waals surface area contributed by atoms with Crippen LogP contribution in [0.15, 0.2) is 60.8 Å². The second-order valence-corrected chi connectivity index (χ2v) is 8.75. The zero-order valence-electron chi connectivity index (χ0n) is 18.0. The predicted octanol–water partition coefficient (Wildman–Crippen LogP) is 3.81. The van der Waals surface area contributed by atoms with Crippen molar-refractivity contribution in [2.24, 2.45) is 7.05 Å². The first-order chi connectivity index (χ1) is 15.0. The molecule has 2 aromatic carbocycles. The first kappa shape index (κ1) is 19.8. The summed E-state index contributed by atoms with van der Waals surface area (Å²) in [6.07, 6.45) is 4.37. The van der Waals surface area contributed by atoms with Crippen molar-refractivity contribution < 1.29 is 9.53 Å². The molecule has 2 aliphatic rings. The van der Waals surface area contributed by atoms with Gasteiger partial charge in [-0.2, -0.15) is 5.10 Å². The topological polar surface area (TPSA) is 59.4 Å². The highest BCUT2D eigenvalue weighted by atomic mass is 16.5. The second-order valence-electron chi connectivity index (χ2n) is 8.75. The van der Waals surface area contributed by atoms with E-state index in [0.717, 1.165) is 54.9 Å². The van der Waals surface area contributed by atoms with Crippen LogP contribution in [0.4, 0.5) is 0 Å². The van der Waals surface area contributed by atoms with Gasteiger partial charge in [-0.1, -0.05) is 48.5 Å². The van der Waals surface area contributed by atoms with Crippen LogP contribution in [0.1, 0.15) is 41.2 Å². The van der Waals surface area contributed by atoms with Gasteiger partial charge in [0.15, 0.2) is 0 Å². The number of benzene rings is 2. The van der Waals surface area contributed by atoms with Crippen LogP contribution >= 0.6 is 0 Å². The van der Waals surface area contributed by atoms with E-state index in [0.29, 0.717) is 5.56 Å². The summed E-state index contributed by atoms with van der Waals surface area (Å²) >= 11 is 0. The Kier molecular flexibility index (Phi) is 5.02. The lowest BCUT2D eigenvalue weighted by atomic mass is 9.80. The van der Waals surface area contributed by atoms with Crippen molar-refractivity contribution >= 4 is 5.91 Å². The molecule has 0 radical (unpaired) electrons. The lowest BCUT2D eigenvalue weighted by molar-refractivity contribution is -0.0195. The van der Waals surface area contributed by atoms with Crippen LogP contribution in [0.3, 0.4) is 0 Å². The normalized spacial score (nSPS) is 20.1. The van der Waals surface area contributed by atoms with Crippen LogP contribution in [-0.2, 0) is 7.05 Å². The van der Waals surface area contributed by atoms with E-state index in [-0.39, 0.29) is 17.6 Å². The maximum atomic E-state index is 13.4. The van der Waals surface area contributed by atoms with Gasteiger partial charge in [0.2, 0.25) is 0 Å². The lowest BCUT2D eigenvalue weighted by Crippen LogP contribution is -2.51. The SMILES string of the molecule is CN1CCC2(CC1)CC(NC(=O)c1cnn(C)c1-c1ccccc1)c1ccccc1O2. The predicted molar refractivity (Wildman–Crippen MR) is 120 cm³/mol. The van der Waals surface area contributed by atoms with Gasteiger partial charge in [-0.25, -0.2) is 0 Å². The quantitative estimate of drug-likeness (QED) is 0.706. The molecule has 1 saturated heterocycles. The summed E-state index contributed by atoms with van der Waals surface area (Å²) in [5.74, 6) is 0.787. The molecule has 1 N–H and O–H groups in total. The van der Waals surface area contributed by atoms with Crippen LogP contribution in [0.5, 0.6) is 5.75 Å². The Balaban J connectivity index is 1.45. The zero-order valence-corrected chi connectivity index (χ0v) is 18.0. The molecule has 0 bridgehead atoms. The third-order valence-electron chi connectivity index (χ3n) is 6.63. The molecule has 0 aliphatic carbocycles. The Morgan fingerprint density at radius 3 is 2.55 bits per heavy atom. The number of piperidine rings is 1. The molecule has 6 heteroatoms. The van der Waals surface area contributed by atoms with E-state index in [1.54, 1.807) is 10.9 Å². The number of fused-ring (bicyclic) bond motifs is 1. The monoisotopic (exact) mass is 416 g/mol. The number of para-hydroxylation sites is 1. The van der Waals surface area contributed by atoms with Gasteiger partial charge in [0, 0.05) is 37.7 Å². The largest absolute Gasteiger partial charge is 0.487 e. The highest BCUT2D eigenvalue weighted by Crippen LogP contribution is 2.44. The summed E-state index contributed by atoms with van der Waals surface area (Å²) < 4.78 is 8.29. The summed E-state index contributed by atoms with van der Waals surface area (Å²) in [5.41, 5.74) is 3.22. The Morgan fingerprint density at radius 2 is 1.77 bits per heavy atom. The number of nitrogens with one attached hydrogen (secondary N) is 1. The number of likely N-dealkylation sites (tertiary alicyclic amines) is 1. The van der Waals surface area contributed by atoms with Crippen molar-refractivity contribution in [2.45, 2.75) is 30.9 Å². The minimum Gasteiger partial charge on any atom is -0.487 e. The fourth-order valence-corrected chi connectivity index (χ4v) is 4.86. The molecule has 3 heterocycles. The van der Waals surface area contributed by atoms with Gasteiger partial charge in [0.1, 0.15) is 11.4 Å². The Hall–Kier alpha value is -3.12. The maximum absolute atomic E-state index is 13.4. The van der Waals surface area contributed by atoms with Crippen LogP contribution in [0, 0.1) is 0 Å². The standard InChI is InChI=1S/C25H28N4O2/c1-28-14-12-25(13-15-28)16-21(19-10-6-7-11-22(19)31-25)27-24(30)20-17-26-29(2)23(20)18-8-4-3-5-9-18/h3-11,17,21H,12-16H2,1-2H3,(H,27,30). The molecule has 1 fully saturated rings. The summed E-state index contributed by atoms with van der Waals surface area (Å²) in [5, 5.41) is 7.68. The molecule has 31 heavy (non-hydrogen) atoms. The molecule has 1 aromatic heterocycles. The molecule has 160 valence electrons. The summed E-state index contributed by atoms with van der Waals surface area (Å²) in [7, 11) is 4.02. The van der Waals surface area contributed by atoms with Gasteiger partial charge in [-0.05, 0) is 26.0 Å². The molecule has 1 unspecified atom stereocenters. The first-order valence-electron chi connectivity index (χ1n) is 10.9. The summed E-state index contributed by atoms with van der Waals surface area (Å²) in [6.45, 7) is 2.01. The van der Waals surface area contributed by atoms with Crippen LogP contribution in [-0.4, -0.2) is 46.3 Å². The average Bonchev–Trinajstić information content (AvgIpc) is 3.18. The number of ether oxygens (including phenoxy) is 1. The molecule has 2 aliphatic heterocycles. The third kappa shape index (κ3) is 3.72. The fourth-order valence-electron chi connectivity index (χ4n) is 4.86. The van der Waals surface area contributed by atoms with E-state index in [1.807, 2.05) is 55.6 Å². The number of carbonyl (C=O) groups excluding carboxylic acids is 1. The molecule has 1 amide bonds. The van der Waals surface area contributed by atoms with Crippen molar-refractivity contribution in [3.63, 3.8) is 0 Å². The van der Waals surface area contributed by atoms with E-state index < -0.39 is 0 Å². The summed E-state index contributed by atoms with van der Waals surface area (Å²) in [6, 6.07) is 17.9. The van der Waals surface area contributed by atoms with Crippen LogP contribution in [0.25, 0.3) is 11.3 Å². The van der Waals surface area contributed by atoms with Gasteiger partial charge >= 0.3 is 0 Å². The molecule has 5 rings (SSSR count). The van der Waals surface area contributed by atoms with Gasteiger partial charge in [0.05, 0.1) is 23.5 Å². The van der Waals surface area contributed by atoms with E-state index in [1.165, 1.54) is 0 Å². The van der Waals surface area contributed by atoms with E-state index >= 15 is 0 Å². The number of aryl methyl sites for hydroxylation is 1. The van der Waals surface area contributed by atoms with Crippen molar-refractivity contribution in [2.75, 3.05) is 20.1 Å². The number of hydrogen-bond donors (Lipinski definition) is 1. The second kappa shape index (κ2) is 7.85. The molecule has 1 spiro atoms. The lowest BCUT2D eigenvalue weighted by Gasteiger charge is -2.46. The minimum atomic E-state index is -0.226. The number of carbonyl (C=O) groups is 1. The number of rotatable bonds is 3. The third-order valence-corrected chi connectivity index (χ3v) is 6.63.